The summed E-state index contributed by atoms with van der Waals surface area (Å²) >= 11 is 1.30. The Kier molecular flexibility index (Phi) is 4.71. The molecule has 2 bridgehead atoms. The monoisotopic (exact) mass is 398 g/mol. The van der Waals surface area contributed by atoms with E-state index in [0.29, 0.717) is 5.00 Å². The van der Waals surface area contributed by atoms with E-state index in [9.17, 15) is 19.5 Å². The lowest BCUT2D eigenvalue weighted by molar-refractivity contribution is -0.148. The lowest BCUT2D eigenvalue weighted by atomic mass is 9.78. The van der Waals surface area contributed by atoms with Gasteiger partial charge in [0.2, 0.25) is 5.91 Å². The van der Waals surface area contributed by atoms with E-state index in [1.54, 1.807) is 0 Å². The summed E-state index contributed by atoms with van der Waals surface area (Å²) in [5, 5.41) is 12.9. The molecule has 2 saturated carbocycles. The third-order valence-corrected chi connectivity index (χ3v) is 7.15. The van der Waals surface area contributed by atoms with Gasteiger partial charge in [0.1, 0.15) is 5.00 Å². The maximum Gasteiger partial charge on any atom is 0.307 e. The maximum absolute atomic E-state index is 13.0. The standard InChI is InChI=1S/C21H22N2O4S/c1-10-14(11-5-3-2-4-6-11)17(18(22)24)20(28-10)23-19(25)15-12-7-8-13(9-12)16(15)21(26)27/h2-6,12-13,15-16H,7-9H2,1H3,(H2,22,24)(H,23,25)(H,26,27)/t12-,13+,15-,16+/m1/s1. The molecule has 2 fully saturated rings. The number of thiophene rings is 1. The minimum atomic E-state index is -0.908. The normalized spacial score (nSPS) is 25.6. The third kappa shape index (κ3) is 2.99. The number of hydrogen-bond acceptors (Lipinski definition) is 4. The first-order valence-electron chi connectivity index (χ1n) is 9.40. The Hall–Kier alpha value is -2.67. The fourth-order valence-corrected chi connectivity index (χ4v) is 6.12. The number of carbonyl (C=O) groups is 3. The van der Waals surface area contributed by atoms with Crippen molar-refractivity contribution in [1.29, 1.82) is 0 Å². The van der Waals surface area contributed by atoms with E-state index in [1.165, 1.54) is 11.3 Å². The van der Waals surface area contributed by atoms with Crippen LogP contribution in [0, 0.1) is 30.6 Å². The van der Waals surface area contributed by atoms with Gasteiger partial charge in [-0.2, -0.15) is 0 Å². The summed E-state index contributed by atoms with van der Waals surface area (Å²) in [6.07, 6.45) is 2.54. The summed E-state index contributed by atoms with van der Waals surface area (Å²) in [6, 6.07) is 9.43. The number of anilines is 1. The number of aryl methyl sites for hydroxylation is 1. The average Bonchev–Trinajstić information content (AvgIpc) is 3.34. The molecule has 28 heavy (non-hydrogen) atoms. The Morgan fingerprint density at radius 3 is 2.36 bits per heavy atom. The van der Waals surface area contributed by atoms with Gasteiger partial charge in [-0.1, -0.05) is 30.3 Å². The Bertz CT molecular complexity index is 953. The largest absolute Gasteiger partial charge is 0.481 e. The molecule has 6 nitrogen and oxygen atoms in total. The summed E-state index contributed by atoms with van der Waals surface area (Å²) < 4.78 is 0. The van der Waals surface area contributed by atoms with E-state index in [0.717, 1.165) is 35.3 Å². The molecule has 2 amide bonds. The minimum absolute atomic E-state index is 0.0683. The molecular formula is C21H22N2O4S. The number of hydrogen-bond donors (Lipinski definition) is 3. The van der Waals surface area contributed by atoms with Crippen LogP contribution in [0.2, 0.25) is 0 Å². The van der Waals surface area contributed by atoms with Gasteiger partial charge in [0.05, 0.1) is 17.4 Å². The molecule has 4 atom stereocenters. The van der Waals surface area contributed by atoms with Gasteiger partial charge in [-0.15, -0.1) is 11.3 Å². The quantitative estimate of drug-likeness (QED) is 0.716. The van der Waals surface area contributed by atoms with E-state index in [2.05, 4.69) is 5.32 Å². The molecule has 4 rings (SSSR count). The van der Waals surface area contributed by atoms with Crippen molar-refractivity contribution in [3.05, 3.63) is 40.8 Å². The molecule has 1 aromatic heterocycles. The van der Waals surface area contributed by atoms with Gasteiger partial charge in [0, 0.05) is 10.4 Å². The zero-order valence-corrected chi connectivity index (χ0v) is 16.3. The Morgan fingerprint density at radius 2 is 1.75 bits per heavy atom. The van der Waals surface area contributed by atoms with Crippen LogP contribution in [-0.2, 0) is 9.59 Å². The maximum atomic E-state index is 13.0. The van der Waals surface area contributed by atoms with Gasteiger partial charge < -0.3 is 16.2 Å². The molecular weight excluding hydrogens is 376 g/mol. The first kappa shape index (κ1) is 18.7. The highest BCUT2D eigenvalue weighted by atomic mass is 32.1. The van der Waals surface area contributed by atoms with Crippen LogP contribution in [0.25, 0.3) is 11.1 Å². The number of fused-ring (bicyclic) bond motifs is 2. The predicted molar refractivity (Wildman–Crippen MR) is 107 cm³/mol. The molecule has 146 valence electrons. The highest BCUT2D eigenvalue weighted by Crippen LogP contribution is 2.53. The van der Waals surface area contributed by atoms with Crippen molar-refractivity contribution in [2.24, 2.45) is 29.4 Å². The van der Waals surface area contributed by atoms with Crippen molar-refractivity contribution in [2.45, 2.75) is 26.2 Å². The number of aliphatic carboxylic acids is 1. The van der Waals surface area contributed by atoms with Gasteiger partial charge in [0.25, 0.3) is 5.91 Å². The molecule has 4 N–H and O–H groups in total. The molecule has 1 aromatic carbocycles. The minimum Gasteiger partial charge on any atom is -0.481 e. The van der Waals surface area contributed by atoms with Crippen molar-refractivity contribution in [3.8, 4) is 11.1 Å². The van der Waals surface area contributed by atoms with Gasteiger partial charge in [-0.05, 0) is 43.6 Å². The van der Waals surface area contributed by atoms with Gasteiger partial charge in [-0.3, -0.25) is 14.4 Å². The van der Waals surface area contributed by atoms with Gasteiger partial charge >= 0.3 is 5.97 Å². The van der Waals surface area contributed by atoms with Crippen molar-refractivity contribution in [2.75, 3.05) is 5.32 Å². The second-order valence-corrected chi connectivity index (χ2v) is 8.90. The number of carboxylic acid groups (broad SMARTS) is 1. The number of primary amides is 1. The zero-order chi connectivity index (χ0) is 20.0. The predicted octanol–water partition coefficient (Wildman–Crippen LogP) is 3.51. The molecule has 2 aliphatic carbocycles. The SMILES string of the molecule is Cc1sc(NC(=O)[C@@H]2[C@@H]3CC[C@@H](C3)[C@@H]2C(=O)O)c(C(N)=O)c1-c1ccccc1. The van der Waals surface area contributed by atoms with Crippen molar-refractivity contribution < 1.29 is 19.5 Å². The van der Waals surface area contributed by atoms with Crippen molar-refractivity contribution in [3.63, 3.8) is 0 Å². The molecule has 2 aliphatic rings. The summed E-state index contributed by atoms with van der Waals surface area (Å²) in [5.74, 6) is -2.87. The van der Waals surface area contributed by atoms with Gasteiger partial charge in [0.15, 0.2) is 0 Å². The molecule has 7 heteroatoms. The van der Waals surface area contributed by atoms with Crippen LogP contribution in [0.1, 0.15) is 34.5 Å². The Morgan fingerprint density at radius 1 is 1.11 bits per heavy atom. The van der Waals surface area contributed by atoms with Crippen LogP contribution in [0.3, 0.4) is 0 Å². The first-order valence-corrected chi connectivity index (χ1v) is 10.2. The summed E-state index contributed by atoms with van der Waals surface area (Å²) in [5.41, 5.74) is 7.52. The van der Waals surface area contributed by atoms with E-state index in [1.807, 2.05) is 37.3 Å². The molecule has 1 heterocycles. The van der Waals surface area contributed by atoms with E-state index >= 15 is 0 Å². The summed E-state index contributed by atoms with van der Waals surface area (Å²) in [4.78, 5) is 37.8. The van der Waals surface area contributed by atoms with Crippen LogP contribution in [0.15, 0.2) is 30.3 Å². The number of carboxylic acids is 1. The smallest absolute Gasteiger partial charge is 0.307 e. The van der Waals surface area contributed by atoms with Crippen molar-refractivity contribution >= 4 is 34.1 Å². The number of nitrogens with two attached hydrogens (primary N) is 1. The third-order valence-electron chi connectivity index (χ3n) is 6.13. The fraction of sp³-hybridized carbons (Fsp3) is 0.381. The number of carbonyl (C=O) groups excluding carboxylic acids is 2. The van der Waals surface area contributed by atoms with Crippen LogP contribution >= 0.6 is 11.3 Å². The van der Waals surface area contributed by atoms with Crippen LogP contribution in [0.4, 0.5) is 5.00 Å². The summed E-state index contributed by atoms with van der Waals surface area (Å²) in [7, 11) is 0. The van der Waals surface area contributed by atoms with Crippen LogP contribution in [-0.4, -0.2) is 22.9 Å². The Balaban J connectivity index is 1.68. The number of amides is 2. The Labute approximate surface area is 166 Å². The second-order valence-electron chi connectivity index (χ2n) is 7.68. The molecule has 0 aliphatic heterocycles. The van der Waals surface area contributed by atoms with Crippen LogP contribution < -0.4 is 11.1 Å². The van der Waals surface area contributed by atoms with E-state index in [-0.39, 0.29) is 23.3 Å². The first-order chi connectivity index (χ1) is 13.4. The van der Waals surface area contributed by atoms with Crippen LogP contribution in [0.5, 0.6) is 0 Å². The summed E-state index contributed by atoms with van der Waals surface area (Å²) in [6.45, 7) is 1.88. The molecule has 0 unspecified atom stereocenters. The molecule has 0 saturated heterocycles. The molecule has 0 radical (unpaired) electrons. The highest BCUT2D eigenvalue weighted by Gasteiger charge is 2.54. The topological polar surface area (TPSA) is 109 Å². The number of rotatable bonds is 5. The van der Waals surface area contributed by atoms with E-state index < -0.39 is 23.7 Å². The lowest BCUT2D eigenvalue weighted by Crippen LogP contribution is -2.38. The second kappa shape index (κ2) is 7.05. The van der Waals surface area contributed by atoms with E-state index in [4.69, 9.17) is 5.73 Å². The average molecular weight is 398 g/mol. The van der Waals surface area contributed by atoms with Gasteiger partial charge in [-0.25, -0.2) is 0 Å². The molecule has 0 spiro atoms. The number of benzene rings is 1. The fourth-order valence-electron chi connectivity index (χ4n) is 5.04. The van der Waals surface area contributed by atoms with Crippen molar-refractivity contribution in [1.82, 2.24) is 0 Å². The molecule has 2 aromatic rings. The number of nitrogens with one attached hydrogen (secondary N) is 1. The lowest BCUT2D eigenvalue weighted by Gasteiger charge is -2.26. The zero-order valence-electron chi connectivity index (χ0n) is 15.5. The highest BCUT2D eigenvalue weighted by molar-refractivity contribution is 7.17.